The number of para-hydroxylation sites is 1. The fourth-order valence-corrected chi connectivity index (χ4v) is 3.16. The second kappa shape index (κ2) is 8.84. The molecule has 0 bridgehead atoms. The average Bonchev–Trinajstić information content (AvgIpc) is 2.58. The van der Waals surface area contributed by atoms with Gasteiger partial charge in [0.15, 0.2) is 6.61 Å². The molecule has 2 amide bonds. The molecule has 1 aromatic rings. The molecule has 0 unspecified atom stereocenters. The maximum atomic E-state index is 12.3. The summed E-state index contributed by atoms with van der Waals surface area (Å²) in [5.74, 6) is 0.601. The Labute approximate surface area is 168 Å². The van der Waals surface area contributed by atoms with Gasteiger partial charge < -0.3 is 19.7 Å². The van der Waals surface area contributed by atoms with Gasteiger partial charge in [-0.25, -0.2) is 4.79 Å². The van der Waals surface area contributed by atoms with Gasteiger partial charge in [-0.15, -0.1) is 0 Å². The van der Waals surface area contributed by atoms with E-state index in [1.807, 2.05) is 45.0 Å². The highest BCUT2D eigenvalue weighted by atomic mass is 16.6. The molecule has 1 aromatic carbocycles. The molecule has 6 nitrogen and oxygen atoms in total. The molecule has 0 spiro atoms. The van der Waals surface area contributed by atoms with Gasteiger partial charge in [0, 0.05) is 19.1 Å². The highest BCUT2D eigenvalue weighted by Crippen LogP contribution is 2.30. The lowest BCUT2D eigenvalue weighted by Crippen LogP contribution is -2.48. The molecule has 156 valence electrons. The Morgan fingerprint density at radius 3 is 2.25 bits per heavy atom. The summed E-state index contributed by atoms with van der Waals surface area (Å²) in [5.41, 5.74) is 0.526. The molecule has 1 N–H and O–H groups in total. The summed E-state index contributed by atoms with van der Waals surface area (Å²) in [4.78, 5) is 26.1. The van der Waals surface area contributed by atoms with E-state index in [9.17, 15) is 9.59 Å². The van der Waals surface area contributed by atoms with E-state index in [4.69, 9.17) is 9.47 Å². The number of hydrogen-bond acceptors (Lipinski definition) is 4. The van der Waals surface area contributed by atoms with Crippen molar-refractivity contribution in [3.05, 3.63) is 29.8 Å². The Morgan fingerprint density at radius 1 is 1.07 bits per heavy atom. The maximum Gasteiger partial charge on any atom is 0.410 e. The van der Waals surface area contributed by atoms with Gasteiger partial charge in [0.25, 0.3) is 5.91 Å². The van der Waals surface area contributed by atoms with Crippen molar-refractivity contribution in [2.75, 3.05) is 19.7 Å². The highest BCUT2D eigenvalue weighted by Gasteiger charge is 2.27. The largest absolute Gasteiger partial charge is 0.483 e. The Morgan fingerprint density at radius 2 is 1.68 bits per heavy atom. The van der Waals surface area contributed by atoms with E-state index in [1.54, 1.807) is 4.90 Å². The molecule has 1 heterocycles. The molecule has 0 aliphatic carbocycles. The first kappa shape index (κ1) is 22.1. The second-order valence-electron chi connectivity index (χ2n) is 9.34. The average molecular weight is 391 g/mol. The van der Waals surface area contributed by atoms with E-state index in [0.717, 1.165) is 11.3 Å². The molecule has 0 radical (unpaired) electrons. The lowest BCUT2D eigenvalue weighted by molar-refractivity contribution is -0.124. The van der Waals surface area contributed by atoms with E-state index in [0.29, 0.717) is 25.9 Å². The van der Waals surface area contributed by atoms with Gasteiger partial charge in [0.05, 0.1) is 0 Å². The van der Waals surface area contributed by atoms with E-state index >= 15 is 0 Å². The van der Waals surface area contributed by atoms with Gasteiger partial charge in [-0.1, -0.05) is 39.0 Å². The number of ether oxygens (including phenoxy) is 2. The predicted molar refractivity (Wildman–Crippen MR) is 110 cm³/mol. The fourth-order valence-electron chi connectivity index (χ4n) is 3.16. The Balaban J connectivity index is 1.79. The zero-order valence-electron chi connectivity index (χ0n) is 18.0. The van der Waals surface area contributed by atoms with Crippen molar-refractivity contribution in [2.45, 2.75) is 71.4 Å². The molecule has 1 fully saturated rings. The number of rotatable bonds is 4. The van der Waals surface area contributed by atoms with Crippen LogP contribution in [0.1, 0.15) is 59.9 Å². The monoisotopic (exact) mass is 390 g/mol. The Kier molecular flexibility index (Phi) is 6.96. The molecule has 1 aliphatic rings. The first-order valence-corrected chi connectivity index (χ1v) is 9.95. The Hall–Kier alpha value is -2.24. The van der Waals surface area contributed by atoms with E-state index < -0.39 is 5.60 Å². The minimum Gasteiger partial charge on any atom is -0.483 e. The van der Waals surface area contributed by atoms with Gasteiger partial charge in [0.2, 0.25) is 0 Å². The quantitative estimate of drug-likeness (QED) is 0.847. The first-order chi connectivity index (χ1) is 13.0. The van der Waals surface area contributed by atoms with Crippen molar-refractivity contribution >= 4 is 12.0 Å². The van der Waals surface area contributed by atoms with Gasteiger partial charge in [-0.05, 0) is 50.7 Å². The zero-order chi connectivity index (χ0) is 20.9. The van der Waals surface area contributed by atoms with Crippen LogP contribution in [0.25, 0.3) is 0 Å². The van der Waals surface area contributed by atoms with Crippen LogP contribution in [-0.2, 0) is 14.9 Å². The smallest absolute Gasteiger partial charge is 0.410 e. The second-order valence-corrected chi connectivity index (χ2v) is 9.34. The summed E-state index contributed by atoms with van der Waals surface area (Å²) in [5, 5.41) is 3.01. The lowest BCUT2D eigenvalue weighted by atomic mass is 9.86. The van der Waals surface area contributed by atoms with Crippen LogP contribution in [0, 0.1) is 0 Å². The number of amides is 2. The van der Waals surface area contributed by atoms with Crippen LogP contribution >= 0.6 is 0 Å². The normalized spacial score (nSPS) is 15.9. The van der Waals surface area contributed by atoms with Gasteiger partial charge in [0.1, 0.15) is 11.4 Å². The molecule has 6 heteroatoms. The standard InChI is InChI=1S/C22H34N2O4/c1-21(2,3)17-9-7-8-10-18(17)27-15-19(25)23-16-11-13-24(14-12-16)20(26)28-22(4,5)6/h7-10,16H,11-15H2,1-6H3,(H,23,25). The third-order valence-corrected chi connectivity index (χ3v) is 4.57. The highest BCUT2D eigenvalue weighted by molar-refractivity contribution is 5.78. The third-order valence-electron chi connectivity index (χ3n) is 4.57. The van der Waals surface area contributed by atoms with Crippen molar-refractivity contribution in [3.63, 3.8) is 0 Å². The van der Waals surface area contributed by atoms with Crippen LogP contribution in [-0.4, -0.2) is 48.2 Å². The van der Waals surface area contributed by atoms with Crippen LogP contribution in [0.5, 0.6) is 5.75 Å². The summed E-state index contributed by atoms with van der Waals surface area (Å²) < 4.78 is 11.2. The van der Waals surface area contributed by atoms with Crippen LogP contribution in [0.4, 0.5) is 4.79 Å². The number of nitrogens with zero attached hydrogens (tertiary/aromatic N) is 1. The Bertz CT molecular complexity index is 681. The SMILES string of the molecule is CC(C)(C)OC(=O)N1CCC(NC(=O)COc2ccccc2C(C)(C)C)CC1. The summed E-state index contributed by atoms with van der Waals surface area (Å²) in [7, 11) is 0. The van der Waals surface area contributed by atoms with Crippen molar-refractivity contribution in [3.8, 4) is 5.75 Å². The number of carbonyl (C=O) groups excluding carboxylic acids is 2. The number of nitrogens with one attached hydrogen (secondary N) is 1. The van der Waals surface area contributed by atoms with E-state index in [2.05, 4.69) is 26.1 Å². The summed E-state index contributed by atoms with van der Waals surface area (Å²) >= 11 is 0. The van der Waals surface area contributed by atoms with Gasteiger partial charge in [-0.2, -0.15) is 0 Å². The number of likely N-dealkylation sites (tertiary alicyclic amines) is 1. The fraction of sp³-hybridized carbons (Fsp3) is 0.636. The molecule has 1 aliphatic heterocycles. The molecule has 0 aromatic heterocycles. The minimum absolute atomic E-state index is 0.0145. The number of carbonyl (C=O) groups is 2. The summed E-state index contributed by atoms with van der Waals surface area (Å²) in [6, 6.07) is 7.86. The third kappa shape index (κ3) is 6.73. The molecule has 28 heavy (non-hydrogen) atoms. The molecule has 2 rings (SSSR count). The topological polar surface area (TPSA) is 67.9 Å². The molecular weight excluding hydrogens is 356 g/mol. The first-order valence-electron chi connectivity index (χ1n) is 9.95. The van der Waals surface area contributed by atoms with Gasteiger partial charge in [-0.3, -0.25) is 4.79 Å². The number of piperidine rings is 1. The van der Waals surface area contributed by atoms with Crippen molar-refractivity contribution in [2.24, 2.45) is 0 Å². The van der Waals surface area contributed by atoms with Crippen LogP contribution in [0.2, 0.25) is 0 Å². The predicted octanol–water partition coefficient (Wildman–Crippen LogP) is 3.88. The summed E-state index contributed by atoms with van der Waals surface area (Å²) in [6.07, 6.45) is 1.13. The van der Waals surface area contributed by atoms with Gasteiger partial charge >= 0.3 is 6.09 Å². The van der Waals surface area contributed by atoms with E-state index in [-0.39, 0.29) is 30.1 Å². The van der Waals surface area contributed by atoms with Crippen LogP contribution in [0.15, 0.2) is 24.3 Å². The van der Waals surface area contributed by atoms with Crippen molar-refractivity contribution < 1.29 is 19.1 Å². The number of hydrogen-bond donors (Lipinski definition) is 1. The molecule has 1 saturated heterocycles. The number of benzene rings is 1. The van der Waals surface area contributed by atoms with E-state index in [1.165, 1.54) is 0 Å². The molecular formula is C22H34N2O4. The summed E-state index contributed by atoms with van der Waals surface area (Å²) in [6.45, 7) is 13.1. The molecule has 0 atom stereocenters. The lowest BCUT2D eigenvalue weighted by Gasteiger charge is -2.33. The molecule has 0 saturated carbocycles. The van der Waals surface area contributed by atoms with Crippen LogP contribution in [0.3, 0.4) is 0 Å². The van der Waals surface area contributed by atoms with Crippen molar-refractivity contribution in [1.82, 2.24) is 10.2 Å². The van der Waals surface area contributed by atoms with Crippen LogP contribution < -0.4 is 10.1 Å². The minimum atomic E-state index is -0.497. The van der Waals surface area contributed by atoms with Crippen molar-refractivity contribution in [1.29, 1.82) is 0 Å². The zero-order valence-corrected chi connectivity index (χ0v) is 18.0. The maximum absolute atomic E-state index is 12.3.